The van der Waals surface area contributed by atoms with E-state index in [9.17, 15) is 0 Å². The Morgan fingerprint density at radius 1 is 0.778 bits per heavy atom. The first kappa shape index (κ1) is 17.1. The molecule has 0 saturated carbocycles. The first-order chi connectivity index (χ1) is 12.6. The number of hydrogen-bond acceptors (Lipinski definition) is 3. The van der Waals surface area contributed by atoms with Gasteiger partial charge in [-0.15, -0.1) is 0 Å². The van der Waals surface area contributed by atoms with Crippen LogP contribution in [0.1, 0.15) is 52.7 Å². The van der Waals surface area contributed by atoms with Gasteiger partial charge in [0.1, 0.15) is 11.3 Å². The molecule has 2 aromatic carbocycles. The van der Waals surface area contributed by atoms with Crippen molar-refractivity contribution in [2.24, 2.45) is 0 Å². The predicted molar refractivity (Wildman–Crippen MR) is 109 cm³/mol. The lowest BCUT2D eigenvalue weighted by Crippen LogP contribution is -2.41. The molecule has 2 aliphatic rings. The largest absolute Gasteiger partial charge is 0.495 e. The number of benzene rings is 2. The second-order valence-electron chi connectivity index (χ2n) is 9.29. The molecule has 138 valence electrons. The first-order valence-corrected chi connectivity index (χ1v) is 9.65. The summed E-state index contributed by atoms with van der Waals surface area (Å²) in [6.45, 7) is 12.9. The Morgan fingerprint density at radius 2 is 1.44 bits per heavy atom. The molecule has 0 amide bonds. The maximum absolute atomic E-state index is 6.37. The van der Waals surface area contributed by atoms with Crippen molar-refractivity contribution < 1.29 is 13.7 Å². The molecule has 4 heteroatoms. The minimum Gasteiger partial charge on any atom is -0.456 e. The fraction of sp³-hybridized carbons (Fsp3) is 0.391. The highest BCUT2D eigenvalue weighted by Crippen LogP contribution is 2.52. The van der Waals surface area contributed by atoms with E-state index in [-0.39, 0.29) is 16.6 Å². The van der Waals surface area contributed by atoms with Crippen molar-refractivity contribution in [1.29, 1.82) is 0 Å². The number of fused-ring (bicyclic) bond motifs is 5. The fourth-order valence-electron chi connectivity index (χ4n) is 4.49. The van der Waals surface area contributed by atoms with Crippen LogP contribution in [0.25, 0.3) is 22.3 Å². The van der Waals surface area contributed by atoms with Crippen LogP contribution in [0.15, 0.2) is 46.9 Å². The van der Waals surface area contributed by atoms with Gasteiger partial charge in [0.25, 0.3) is 0 Å². The normalized spacial score (nSPS) is 21.5. The molecular formula is C23H25BO3. The Labute approximate surface area is 160 Å². The highest BCUT2D eigenvalue weighted by atomic mass is 16.7. The Balaban J connectivity index is 1.76. The zero-order valence-electron chi connectivity index (χ0n) is 16.8. The SMILES string of the molecule is CC1(C)c2cccc(B3OC(C)(C)C(C)(C)O3)c2-c2oc3ccccc3c21. The summed E-state index contributed by atoms with van der Waals surface area (Å²) in [6.07, 6.45) is 0. The molecule has 0 unspecified atom stereocenters. The lowest BCUT2D eigenvalue weighted by atomic mass is 9.73. The van der Waals surface area contributed by atoms with Gasteiger partial charge in [-0.2, -0.15) is 0 Å². The van der Waals surface area contributed by atoms with E-state index in [1.54, 1.807) is 0 Å². The fourth-order valence-corrected chi connectivity index (χ4v) is 4.49. The zero-order chi connectivity index (χ0) is 19.2. The summed E-state index contributed by atoms with van der Waals surface area (Å²) in [6, 6.07) is 14.7. The standard InChI is InChI=1S/C23H25BO3/c1-21(2)15-11-9-12-16(24-26-22(3,4)23(5,6)27-24)18(15)20-19(21)14-10-7-8-13-17(14)25-20/h7-13H,1-6H3. The molecule has 2 heterocycles. The third kappa shape index (κ3) is 2.11. The topological polar surface area (TPSA) is 31.6 Å². The monoisotopic (exact) mass is 360 g/mol. The summed E-state index contributed by atoms with van der Waals surface area (Å²) in [5.74, 6) is 0.960. The second kappa shape index (κ2) is 5.06. The molecule has 0 atom stereocenters. The van der Waals surface area contributed by atoms with E-state index in [2.05, 4.69) is 71.9 Å². The molecule has 1 aromatic heterocycles. The van der Waals surface area contributed by atoms with E-state index < -0.39 is 7.12 Å². The van der Waals surface area contributed by atoms with Crippen molar-refractivity contribution in [3.8, 4) is 11.3 Å². The average Bonchev–Trinajstić information content (AvgIpc) is 3.16. The van der Waals surface area contributed by atoms with Crippen molar-refractivity contribution in [3.63, 3.8) is 0 Å². The molecule has 0 bridgehead atoms. The summed E-state index contributed by atoms with van der Waals surface area (Å²) in [4.78, 5) is 0. The van der Waals surface area contributed by atoms with Gasteiger partial charge in [-0.05, 0) is 44.8 Å². The van der Waals surface area contributed by atoms with Crippen molar-refractivity contribution in [3.05, 3.63) is 53.6 Å². The van der Waals surface area contributed by atoms with Gasteiger partial charge in [-0.1, -0.05) is 50.2 Å². The molecule has 5 rings (SSSR count). The van der Waals surface area contributed by atoms with Crippen LogP contribution < -0.4 is 5.46 Å². The molecule has 1 aliphatic carbocycles. The van der Waals surface area contributed by atoms with Gasteiger partial charge in [0.15, 0.2) is 0 Å². The van der Waals surface area contributed by atoms with E-state index in [1.807, 2.05) is 12.1 Å². The quantitative estimate of drug-likeness (QED) is 0.570. The van der Waals surface area contributed by atoms with E-state index in [0.717, 1.165) is 22.4 Å². The van der Waals surface area contributed by atoms with Gasteiger partial charge in [-0.25, -0.2) is 0 Å². The van der Waals surface area contributed by atoms with Crippen molar-refractivity contribution >= 4 is 23.6 Å². The van der Waals surface area contributed by atoms with Crippen LogP contribution in [0, 0.1) is 0 Å². The molecule has 1 saturated heterocycles. The van der Waals surface area contributed by atoms with Gasteiger partial charge in [0, 0.05) is 21.9 Å². The van der Waals surface area contributed by atoms with Crippen LogP contribution in [0.2, 0.25) is 0 Å². The summed E-state index contributed by atoms with van der Waals surface area (Å²) in [7, 11) is -0.403. The van der Waals surface area contributed by atoms with Crippen LogP contribution in [-0.2, 0) is 14.7 Å². The van der Waals surface area contributed by atoms with Crippen molar-refractivity contribution in [2.45, 2.75) is 58.2 Å². The summed E-state index contributed by atoms with van der Waals surface area (Å²) in [5, 5.41) is 1.19. The number of hydrogen-bond donors (Lipinski definition) is 0. The van der Waals surface area contributed by atoms with Crippen LogP contribution >= 0.6 is 0 Å². The van der Waals surface area contributed by atoms with Gasteiger partial charge < -0.3 is 13.7 Å². The van der Waals surface area contributed by atoms with Crippen molar-refractivity contribution in [2.75, 3.05) is 0 Å². The molecule has 0 N–H and O–H groups in total. The van der Waals surface area contributed by atoms with E-state index >= 15 is 0 Å². The van der Waals surface area contributed by atoms with Gasteiger partial charge >= 0.3 is 7.12 Å². The highest BCUT2D eigenvalue weighted by Gasteiger charge is 2.53. The van der Waals surface area contributed by atoms with Crippen LogP contribution in [0.5, 0.6) is 0 Å². The Morgan fingerprint density at radius 3 is 2.15 bits per heavy atom. The maximum Gasteiger partial charge on any atom is 0.495 e. The van der Waals surface area contributed by atoms with Crippen LogP contribution in [0.3, 0.4) is 0 Å². The molecule has 0 radical (unpaired) electrons. The Hall–Kier alpha value is -2.04. The smallest absolute Gasteiger partial charge is 0.456 e. The average molecular weight is 360 g/mol. The van der Waals surface area contributed by atoms with E-state index in [4.69, 9.17) is 13.7 Å². The molecule has 1 fully saturated rings. The predicted octanol–water partition coefficient (Wildman–Crippen LogP) is 5.04. The van der Waals surface area contributed by atoms with Crippen LogP contribution in [-0.4, -0.2) is 18.3 Å². The minimum absolute atomic E-state index is 0.128. The molecular weight excluding hydrogens is 335 g/mol. The van der Waals surface area contributed by atoms with Crippen molar-refractivity contribution in [1.82, 2.24) is 0 Å². The molecule has 27 heavy (non-hydrogen) atoms. The molecule has 3 aromatic rings. The van der Waals surface area contributed by atoms with Crippen LogP contribution in [0.4, 0.5) is 0 Å². The lowest BCUT2D eigenvalue weighted by Gasteiger charge is -2.32. The third-order valence-electron chi connectivity index (χ3n) is 6.72. The summed E-state index contributed by atoms with van der Waals surface area (Å²) < 4.78 is 19.1. The Bertz CT molecular complexity index is 1060. The third-order valence-corrected chi connectivity index (χ3v) is 6.72. The van der Waals surface area contributed by atoms with Gasteiger partial charge in [0.2, 0.25) is 0 Å². The number of furan rings is 1. The van der Waals surface area contributed by atoms with E-state index in [1.165, 1.54) is 16.5 Å². The molecule has 0 spiro atoms. The van der Waals surface area contributed by atoms with E-state index in [0.29, 0.717) is 0 Å². The zero-order valence-corrected chi connectivity index (χ0v) is 16.8. The number of rotatable bonds is 1. The molecule has 3 nitrogen and oxygen atoms in total. The lowest BCUT2D eigenvalue weighted by molar-refractivity contribution is 0.00578. The summed E-state index contributed by atoms with van der Waals surface area (Å²) in [5.41, 5.74) is 4.79. The van der Waals surface area contributed by atoms with Gasteiger partial charge in [0.05, 0.1) is 11.2 Å². The molecule has 1 aliphatic heterocycles. The van der Waals surface area contributed by atoms with Gasteiger partial charge in [-0.3, -0.25) is 0 Å². The highest BCUT2D eigenvalue weighted by molar-refractivity contribution is 6.64. The second-order valence-corrected chi connectivity index (χ2v) is 9.29. The minimum atomic E-state index is -0.403. The Kier molecular flexibility index (Phi) is 3.20. The maximum atomic E-state index is 6.37. The number of para-hydroxylation sites is 1. The first-order valence-electron chi connectivity index (χ1n) is 9.65. The summed E-state index contributed by atoms with van der Waals surface area (Å²) >= 11 is 0.